The third kappa shape index (κ3) is 2.60. The Morgan fingerprint density at radius 1 is 1.40 bits per heavy atom. The molecule has 106 valence electrons. The van der Waals surface area contributed by atoms with Gasteiger partial charge in [-0.25, -0.2) is 0 Å². The summed E-state index contributed by atoms with van der Waals surface area (Å²) in [6.45, 7) is 0.745. The van der Waals surface area contributed by atoms with Gasteiger partial charge in [-0.3, -0.25) is 9.59 Å². The van der Waals surface area contributed by atoms with Crippen LogP contribution in [0, 0.1) is 0 Å². The van der Waals surface area contributed by atoms with E-state index in [1.807, 2.05) is 23.1 Å². The minimum absolute atomic E-state index is 0.0234. The second kappa shape index (κ2) is 5.75. The number of para-hydroxylation sites is 1. The zero-order valence-corrected chi connectivity index (χ0v) is 11.8. The highest BCUT2D eigenvalue weighted by atomic mass is 32.2. The molecule has 2 atom stereocenters. The standard InChI is InChI=1S/C14H16N2O3S/c17-11(9-19-10-5-2-1-3-6-10)15-12-13(18)16-7-4-8-20-14(12)16/h1-3,5-6,12,14H,4,7-9H2,(H,15,17)/t12?,14-/m0/s1. The molecule has 1 N–H and O–H groups in total. The van der Waals surface area contributed by atoms with Gasteiger partial charge >= 0.3 is 0 Å². The lowest BCUT2D eigenvalue weighted by molar-refractivity contribution is -0.149. The van der Waals surface area contributed by atoms with Crippen molar-refractivity contribution in [1.29, 1.82) is 0 Å². The molecule has 1 aromatic carbocycles. The van der Waals surface area contributed by atoms with Gasteiger partial charge in [0.1, 0.15) is 17.2 Å². The molecule has 0 aromatic heterocycles. The van der Waals surface area contributed by atoms with Gasteiger partial charge in [-0.05, 0) is 24.3 Å². The van der Waals surface area contributed by atoms with Crippen LogP contribution in [0.5, 0.6) is 5.75 Å². The molecule has 1 unspecified atom stereocenters. The van der Waals surface area contributed by atoms with Crippen LogP contribution in [0.25, 0.3) is 0 Å². The van der Waals surface area contributed by atoms with Crippen molar-refractivity contribution in [2.24, 2.45) is 0 Å². The summed E-state index contributed by atoms with van der Waals surface area (Å²) in [4.78, 5) is 25.5. The molecule has 2 saturated heterocycles. The molecule has 5 nitrogen and oxygen atoms in total. The molecule has 2 aliphatic rings. The summed E-state index contributed by atoms with van der Waals surface area (Å²) in [5.74, 6) is 1.46. The van der Waals surface area contributed by atoms with E-state index in [4.69, 9.17) is 4.74 Å². The topological polar surface area (TPSA) is 58.6 Å². The normalized spacial score (nSPS) is 24.6. The number of ether oxygens (including phenoxy) is 1. The third-order valence-electron chi connectivity index (χ3n) is 3.40. The minimum Gasteiger partial charge on any atom is -0.484 e. The Morgan fingerprint density at radius 3 is 3.00 bits per heavy atom. The van der Waals surface area contributed by atoms with Gasteiger partial charge in [0.2, 0.25) is 5.91 Å². The van der Waals surface area contributed by atoms with Crippen LogP contribution < -0.4 is 10.1 Å². The van der Waals surface area contributed by atoms with Gasteiger partial charge in [-0.15, -0.1) is 11.8 Å². The van der Waals surface area contributed by atoms with Crippen molar-refractivity contribution >= 4 is 23.6 Å². The quantitative estimate of drug-likeness (QED) is 0.836. The first-order chi connectivity index (χ1) is 9.75. The first-order valence-electron chi connectivity index (χ1n) is 6.65. The number of thioether (sulfide) groups is 1. The average Bonchev–Trinajstić information content (AvgIpc) is 2.51. The van der Waals surface area contributed by atoms with Crippen LogP contribution in [0.15, 0.2) is 30.3 Å². The maximum absolute atomic E-state index is 11.9. The second-order valence-electron chi connectivity index (χ2n) is 4.79. The molecule has 2 heterocycles. The predicted octanol–water partition coefficient (Wildman–Crippen LogP) is 0.855. The summed E-state index contributed by atoms with van der Waals surface area (Å²) in [6, 6.07) is 8.78. The van der Waals surface area contributed by atoms with Crippen molar-refractivity contribution in [1.82, 2.24) is 10.2 Å². The molecule has 2 fully saturated rings. The SMILES string of the molecule is O=C(COc1ccccc1)NC1C(=O)N2CCCS[C@@H]12. The summed E-state index contributed by atoms with van der Waals surface area (Å²) >= 11 is 1.73. The summed E-state index contributed by atoms with van der Waals surface area (Å²) in [6.07, 6.45) is 1.03. The lowest BCUT2D eigenvalue weighted by atomic mass is 10.1. The molecular weight excluding hydrogens is 276 g/mol. The smallest absolute Gasteiger partial charge is 0.258 e. The van der Waals surface area contributed by atoms with E-state index in [1.165, 1.54) is 0 Å². The number of nitrogens with zero attached hydrogens (tertiary/aromatic N) is 1. The highest BCUT2D eigenvalue weighted by molar-refractivity contribution is 8.00. The highest BCUT2D eigenvalue weighted by Crippen LogP contribution is 2.34. The molecule has 0 saturated carbocycles. The second-order valence-corrected chi connectivity index (χ2v) is 6.02. The molecule has 2 amide bonds. The van der Waals surface area contributed by atoms with Crippen LogP contribution in [0.2, 0.25) is 0 Å². The van der Waals surface area contributed by atoms with Crippen LogP contribution in [0.3, 0.4) is 0 Å². The predicted molar refractivity (Wildman–Crippen MR) is 76.4 cm³/mol. The van der Waals surface area contributed by atoms with E-state index >= 15 is 0 Å². The minimum atomic E-state index is -0.382. The van der Waals surface area contributed by atoms with Crippen molar-refractivity contribution in [3.05, 3.63) is 30.3 Å². The van der Waals surface area contributed by atoms with Crippen LogP contribution in [-0.2, 0) is 9.59 Å². The molecule has 6 heteroatoms. The highest BCUT2D eigenvalue weighted by Gasteiger charge is 2.49. The van der Waals surface area contributed by atoms with E-state index < -0.39 is 0 Å². The van der Waals surface area contributed by atoms with E-state index in [2.05, 4.69) is 5.32 Å². The molecule has 1 aromatic rings. The molecule has 20 heavy (non-hydrogen) atoms. The van der Waals surface area contributed by atoms with E-state index in [9.17, 15) is 9.59 Å². The average molecular weight is 292 g/mol. The number of hydrogen-bond acceptors (Lipinski definition) is 4. The lowest BCUT2D eigenvalue weighted by Gasteiger charge is -2.49. The maximum Gasteiger partial charge on any atom is 0.258 e. The summed E-state index contributed by atoms with van der Waals surface area (Å²) in [7, 11) is 0. The molecule has 2 aliphatic heterocycles. The number of amides is 2. The number of carbonyl (C=O) groups is 2. The van der Waals surface area contributed by atoms with Crippen LogP contribution in [-0.4, -0.2) is 47.0 Å². The Hall–Kier alpha value is -1.69. The molecule has 0 radical (unpaired) electrons. The Balaban J connectivity index is 1.48. The first kappa shape index (κ1) is 13.3. The Labute approximate surface area is 121 Å². The lowest BCUT2D eigenvalue weighted by Crippen LogP contribution is -2.70. The Morgan fingerprint density at radius 2 is 2.20 bits per heavy atom. The van der Waals surface area contributed by atoms with Crippen LogP contribution in [0.1, 0.15) is 6.42 Å². The maximum atomic E-state index is 11.9. The number of nitrogens with one attached hydrogen (secondary N) is 1. The van der Waals surface area contributed by atoms with Crippen molar-refractivity contribution in [2.75, 3.05) is 18.9 Å². The number of rotatable bonds is 4. The fraction of sp³-hybridized carbons (Fsp3) is 0.429. The fourth-order valence-corrected chi connectivity index (χ4v) is 3.70. The zero-order valence-electron chi connectivity index (χ0n) is 11.0. The van der Waals surface area contributed by atoms with Gasteiger partial charge in [-0.2, -0.15) is 0 Å². The van der Waals surface area contributed by atoms with E-state index in [1.54, 1.807) is 23.9 Å². The molecule has 3 rings (SSSR count). The van der Waals surface area contributed by atoms with Crippen LogP contribution >= 0.6 is 11.8 Å². The van der Waals surface area contributed by atoms with Crippen molar-refractivity contribution in [2.45, 2.75) is 17.8 Å². The summed E-state index contributed by atoms with van der Waals surface area (Å²) < 4.78 is 5.36. The zero-order chi connectivity index (χ0) is 13.9. The molecular formula is C14H16N2O3S. The van der Waals surface area contributed by atoms with Gasteiger partial charge in [0.15, 0.2) is 6.61 Å². The fourth-order valence-electron chi connectivity index (χ4n) is 2.40. The largest absolute Gasteiger partial charge is 0.484 e. The number of hydrogen-bond donors (Lipinski definition) is 1. The van der Waals surface area contributed by atoms with Crippen molar-refractivity contribution in [3.63, 3.8) is 0 Å². The van der Waals surface area contributed by atoms with Crippen molar-refractivity contribution in [3.8, 4) is 5.75 Å². The third-order valence-corrected chi connectivity index (χ3v) is 4.80. The van der Waals surface area contributed by atoms with Gasteiger partial charge in [-0.1, -0.05) is 18.2 Å². The first-order valence-corrected chi connectivity index (χ1v) is 7.70. The van der Waals surface area contributed by atoms with Crippen molar-refractivity contribution < 1.29 is 14.3 Å². The number of benzene rings is 1. The summed E-state index contributed by atoms with van der Waals surface area (Å²) in [5, 5.41) is 2.87. The van der Waals surface area contributed by atoms with Gasteiger partial charge in [0.25, 0.3) is 5.91 Å². The number of β-lactam (4-membered cyclic amide) rings is 1. The summed E-state index contributed by atoms with van der Waals surface area (Å²) in [5.41, 5.74) is 0. The number of carbonyl (C=O) groups excluding carboxylic acids is 2. The monoisotopic (exact) mass is 292 g/mol. The van der Waals surface area contributed by atoms with E-state index in [-0.39, 0.29) is 29.8 Å². The van der Waals surface area contributed by atoms with Crippen LogP contribution in [0.4, 0.5) is 0 Å². The van der Waals surface area contributed by atoms with Gasteiger partial charge in [0, 0.05) is 6.54 Å². The van der Waals surface area contributed by atoms with Gasteiger partial charge in [0.05, 0.1) is 0 Å². The Kier molecular flexibility index (Phi) is 3.82. The van der Waals surface area contributed by atoms with E-state index in [0.29, 0.717) is 5.75 Å². The van der Waals surface area contributed by atoms with Gasteiger partial charge < -0.3 is 15.0 Å². The molecule has 0 spiro atoms. The molecule has 0 aliphatic carbocycles. The molecule has 0 bridgehead atoms. The van der Waals surface area contributed by atoms with E-state index in [0.717, 1.165) is 18.7 Å². The number of fused-ring (bicyclic) bond motifs is 1. The Bertz CT molecular complexity index is 508.